The van der Waals surface area contributed by atoms with Gasteiger partial charge in [0.05, 0.1) is 25.2 Å². The third kappa shape index (κ3) is 2.96. The van der Waals surface area contributed by atoms with Crippen LogP contribution >= 0.6 is 11.3 Å². The molecule has 5 rings (SSSR count). The standard InChI is InChI=1S/C23H19N3O5S/c1-4-17-24-25-23(32-17)26-19(13-7-5-6-8-15(13)30-3)18-20(27)14-10-9-12(29-2)11-16(14)31-21(18)22(26)28/h5-11,19H,4H2,1-3H3. The van der Waals surface area contributed by atoms with Crippen molar-refractivity contribution in [2.45, 2.75) is 19.4 Å². The average Bonchev–Trinajstić information content (AvgIpc) is 3.41. The van der Waals surface area contributed by atoms with E-state index in [0.29, 0.717) is 34.0 Å². The fourth-order valence-electron chi connectivity index (χ4n) is 3.95. The van der Waals surface area contributed by atoms with E-state index < -0.39 is 11.9 Å². The molecule has 8 nitrogen and oxygen atoms in total. The molecular weight excluding hydrogens is 430 g/mol. The molecule has 0 N–H and O–H groups in total. The van der Waals surface area contributed by atoms with E-state index in [0.717, 1.165) is 5.01 Å². The van der Waals surface area contributed by atoms with Crippen LogP contribution in [0.4, 0.5) is 5.13 Å². The number of nitrogens with zero attached hydrogens (tertiary/aromatic N) is 3. The predicted octanol–water partition coefficient (Wildman–Crippen LogP) is 3.97. The van der Waals surface area contributed by atoms with Gasteiger partial charge in [-0.25, -0.2) is 0 Å². The molecule has 0 aliphatic carbocycles. The van der Waals surface area contributed by atoms with Crippen molar-refractivity contribution in [1.29, 1.82) is 0 Å². The first-order valence-electron chi connectivity index (χ1n) is 10.0. The van der Waals surface area contributed by atoms with Crippen LogP contribution in [-0.4, -0.2) is 30.3 Å². The number of hydrogen-bond acceptors (Lipinski definition) is 8. The molecule has 3 heterocycles. The topological polar surface area (TPSA) is 94.8 Å². The number of rotatable bonds is 5. The van der Waals surface area contributed by atoms with Crippen molar-refractivity contribution in [3.05, 3.63) is 74.6 Å². The number of amides is 1. The van der Waals surface area contributed by atoms with E-state index in [1.807, 2.05) is 25.1 Å². The lowest BCUT2D eigenvalue weighted by Gasteiger charge is -2.23. The van der Waals surface area contributed by atoms with Crippen LogP contribution in [0.3, 0.4) is 0 Å². The maximum atomic E-state index is 13.6. The second-order valence-electron chi connectivity index (χ2n) is 7.19. The average molecular weight is 449 g/mol. The highest BCUT2D eigenvalue weighted by Crippen LogP contribution is 2.44. The predicted molar refractivity (Wildman–Crippen MR) is 120 cm³/mol. The minimum absolute atomic E-state index is 0.0140. The molecule has 1 amide bonds. The highest BCUT2D eigenvalue weighted by molar-refractivity contribution is 7.15. The van der Waals surface area contributed by atoms with Crippen molar-refractivity contribution in [2.24, 2.45) is 0 Å². The molecule has 0 radical (unpaired) electrons. The number of aromatic nitrogens is 2. The van der Waals surface area contributed by atoms with E-state index in [-0.39, 0.29) is 22.3 Å². The van der Waals surface area contributed by atoms with E-state index in [1.54, 1.807) is 31.4 Å². The molecule has 0 fully saturated rings. The Bertz CT molecular complexity index is 1410. The van der Waals surface area contributed by atoms with Crippen LogP contribution in [0.5, 0.6) is 11.5 Å². The number of anilines is 1. The number of carbonyl (C=O) groups excluding carboxylic acids is 1. The van der Waals surface area contributed by atoms with Crippen LogP contribution in [0.2, 0.25) is 0 Å². The molecule has 1 atom stereocenters. The van der Waals surface area contributed by atoms with Crippen LogP contribution in [0.25, 0.3) is 11.0 Å². The van der Waals surface area contributed by atoms with Gasteiger partial charge in [-0.05, 0) is 24.6 Å². The molecule has 1 unspecified atom stereocenters. The van der Waals surface area contributed by atoms with E-state index in [9.17, 15) is 9.59 Å². The number of methoxy groups -OCH3 is 2. The maximum absolute atomic E-state index is 13.6. The molecule has 0 bridgehead atoms. The van der Waals surface area contributed by atoms with Gasteiger partial charge in [0.15, 0.2) is 5.43 Å². The molecule has 0 spiro atoms. The molecule has 1 aliphatic rings. The first kappa shape index (κ1) is 20.2. The van der Waals surface area contributed by atoms with Gasteiger partial charge in [-0.15, -0.1) is 10.2 Å². The van der Waals surface area contributed by atoms with Crippen LogP contribution < -0.4 is 19.8 Å². The first-order chi connectivity index (χ1) is 15.6. The zero-order chi connectivity index (χ0) is 22.4. The van der Waals surface area contributed by atoms with Crippen LogP contribution in [0, 0.1) is 0 Å². The lowest BCUT2D eigenvalue weighted by Crippen LogP contribution is -2.29. The van der Waals surface area contributed by atoms with E-state index in [2.05, 4.69) is 10.2 Å². The number of ether oxygens (including phenoxy) is 2. The number of hydrogen-bond donors (Lipinski definition) is 0. The maximum Gasteiger partial charge on any atom is 0.297 e. The van der Waals surface area contributed by atoms with Gasteiger partial charge in [-0.2, -0.15) is 0 Å². The highest BCUT2D eigenvalue weighted by atomic mass is 32.1. The molecule has 0 saturated carbocycles. The van der Waals surface area contributed by atoms with Crippen LogP contribution in [0.15, 0.2) is 51.7 Å². The Balaban J connectivity index is 1.81. The van der Waals surface area contributed by atoms with Gasteiger partial charge >= 0.3 is 0 Å². The number of para-hydroxylation sites is 1. The summed E-state index contributed by atoms with van der Waals surface area (Å²) in [4.78, 5) is 28.7. The van der Waals surface area contributed by atoms with Crippen LogP contribution in [0.1, 0.15) is 39.7 Å². The molecular formula is C23H19N3O5S. The summed E-state index contributed by atoms with van der Waals surface area (Å²) in [7, 11) is 3.08. The first-order valence-corrected chi connectivity index (χ1v) is 10.8. The summed E-state index contributed by atoms with van der Waals surface area (Å²) in [6, 6.07) is 11.5. The third-order valence-corrected chi connectivity index (χ3v) is 6.54. The Morgan fingerprint density at radius 3 is 2.62 bits per heavy atom. The minimum Gasteiger partial charge on any atom is -0.497 e. The molecule has 9 heteroatoms. The Hall–Kier alpha value is -3.72. The van der Waals surface area contributed by atoms with Gasteiger partial charge in [0.1, 0.15) is 28.1 Å². The van der Waals surface area contributed by atoms with Crippen molar-refractivity contribution in [3.8, 4) is 11.5 Å². The van der Waals surface area contributed by atoms with Gasteiger partial charge < -0.3 is 13.9 Å². The summed E-state index contributed by atoms with van der Waals surface area (Å²) in [6.07, 6.45) is 0.687. The zero-order valence-electron chi connectivity index (χ0n) is 17.6. The van der Waals surface area contributed by atoms with E-state index in [4.69, 9.17) is 13.9 Å². The van der Waals surface area contributed by atoms with Gasteiger partial charge in [0.25, 0.3) is 5.91 Å². The Labute approximate surface area is 187 Å². The number of fused-ring (bicyclic) bond motifs is 2. The normalized spacial score (nSPS) is 15.3. The minimum atomic E-state index is -0.756. The number of aryl methyl sites for hydroxylation is 1. The largest absolute Gasteiger partial charge is 0.497 e. The molecule has 2 aromatic heterocycles. The summed E-state index contributed by atoms with van der Waals surface area (Å²) >= 11 is 1.31. The quantitative estimate of drug-likeness (QED) is 0.455. The van der Waals surface area contributed by atoms with Crippen LogP contribution in [-0.2, 0) is 6.42 Å². The SMILES string of the molecule is CCc1nnc(N2C(=O)c3oc4cc(OC)ccc4c(=O)c3C2c2ccccc2OC)s1. The lowest BCUT2D eigenvalue weighted by molar-refractivity contribution is 0.0970. The Kier molecular flexibility index (Phi) is 4.90. The van der Waals surface area contributed by atoms with Crippen molar-refractivity contribution in [1.82, 2.24) is 10.2 Å². The highest BCUT2D eigenvalue weighted by Gasteiger charge is 2.46. The van der Waals surface area contributed by atoms with Gasteiger partial charge in [-0.1, -0.05) is 36.5 Å². The second kappa shape index (κ2) is 7.76. The van der Waals surface area contributed by atoms with Gasteiger partial charge in [0.2, 0.25) is 10.9 Å². The fraction of sp³-hybridized carbons (Fsp3) is 0.217. The number of carbonyl (C=O) groups is 1. The van der Waals surface area contributed by atoms with Crippen molar-refractivity contribution in [3.63, 3.8) is 0 Å². The van der Waals surface area contributed by atoms with E-state index >= 15 is 0 Å². The van der Waals surface area contributed by atoms with Gasteiger partial charge in [0, 0.05) is 11.6 Å². The molecule has 1 aliphatic heterocycles. The summed E-state index contributed by atoms with van der Waals surface area (Å²) in [5.74, 6) is 0.620. The van der Waals surface area contributed by atoms with Gasteiger partial charge in [-0.3, -0.25) is 14.5 Å². The smallest absolute Gasteiger partial charge is 0.297 e. The zero-order valence-corrected chi connectivity index (χ0v) is 18.4. The molecule has 4 aromatic rings. The monoisotopic (exact) mass is 449 g/mol. The van der Waals surface area contributed by atoms with Crippen molar-refractivity contribution < 1.29 is 18.7 Å². The second-order valence-corrected chi connectivity index (χ2v) is 8.23. The molecule has 162 valence electrons. The molecule has 32 heavy (non-hydrogen) atoms. The summed E-state index contributed by atoms with van der Waals surface area (Å²) in [5.41, 5.74) is 0.922. The Morgan fingerprint density at radius 2 is 1.91 bits per heavy atom. The van der Waals surface area contributed by atoms with E-state index in [1.165, 1.54) is 23.3 Å². The lowest BCUT2D eigenvalue weighted by atomic mass is 9.98. The summed E-state index contributed by atoms with van der Waals surface area (Å²) in [5, 5.41) is 9.95. The number of benzene rings is 2. The van der Waals surface area contributed by atoms with Crippen molar-refractivity contribution >= 4 is 33.3 Å². The molecule has 2 aromatic carbocycles. The summed E-state index contributed by atoms with van der Waals surface area (Å²) < 4.78 is 16.8. The summed E-state index contributed by atoms with van der Waals surface area (Å²) in [6.45, 7) is 1.97. The third-order valence-electron chi connectivity index (χ3n) is 5.48. The fourth-order valence-corrected chi connectivity index (χ4v) is 4.75. The van der Waals surface area contributed by atoms with Crippen molar-refractivity contribution in [2.75, 3.05) is 19.1 Å². The molecule has 0 saturated heterocycles. The Morgan fingerprint density at radius 1 is 1.09 bits per heavy atom.